The average Bonchev–Trinajstić information content (AvgIpc) is 3.76. The van der Waals surface area contributed by atoms with Crippen molar-refractivity contribution >= 4 is 5.97 Å². The lowest BCUT2D eigenvalue weighted by Crippen LogP contribution is -2.33. The van der Waals surface area contributed by atoms with Gasteiger partial charge in [-0.05, 0) is 77.2 Å². The van der Waals surface area contributed by atoms with Gasteiger partial charge in [-0.2, -0.15) is 0 Å². The number of hydrogen-bond acceptors (Lipinski definition) is 7. The zero-order valence-electron chi connectivity index (χ0n) is 28.1. The van der Waals surface area contributed by atoms with Crippen LogP contribution in [0.2, 0.25) is 0 Å². The van der Waals surface area contributed by atoms with E-state index in [9.17, 15) is 20.1 Å². The lowest BCUT2D eigenvalue weighted by Gasteiger charge is -2.24. The summed E-state index contributed by atoms with van der Waals surface area (Å²) < 4.78 is 17.7. The minimum absolute atomic E-state index is 0.0274. The lowest BCUT2D eigenvalue weighted by molar-refractivity contribution is -0.139. The molecule has 0 aliphatic carbocycles. The molecule has 0 amide bonds. The van der Waals surface area contributed by atoms with Gasteiger partial charge in [0.15, 0.2) is 0 Å². The van der Waals surface area contributed by atoms with E-state index in [0.29, 0.717) is 0 Å². The quantitative estimate of drug-likeness (QED) is 0.0703. The van der Waals surface area contributed by atoms with E-state index in [1.807, 2.05) is 13.0 Å². The van der Waals surface area contributed by atoms with Crippen molar-refractivity contribution < 1.29 is 34.3 Å². The predicted molar refractivity (Wildman–Crippen MR) is 175 cm³/mol. The molecule has 8 atom stereocenters. The normalized spacial score (nSPS) is 27.4. The molecule has 0 bridgehead atoms. The monoisotopic (exact) mass is 622 g/mol. The fourth-order valence-electron chi connectivity index (χ4n) is 7.27. The van der Waals surface area contributed by atoms with Crippen molar-refractivity contribution in [3.63, 3.8) is 0 Å². The van der Waals surface area contributed by atoms with E-state index in [2.05, 4.69) is 6.92 Å². The maximum absolute atomic E-state index is 11.6. The highest BCUT2D eigenvalue weighted by molar-refractivity contribution is 5.90. The van der Waals surface area contributed by atoms with Gasteiger partial charge in [0.2, 0.25) is 0 Å². The molecule has 3 rings (SSSR count). The van der Waals surface area contributed by atoms with Gasteiger partial charge in [-0.25, -0.2) is 4.79 Å². The molecule has 44 heavy (non-hydrogen) atoms. The molecule has 256 valence electrons. The first-order valence-electron chi connectivity index (χ1n) is 18.6. The van der Waals surface area contributed by atoms with E-state index >= 15 is 0 Å². The predicted octanol–water partition coefficient (Wildman–Crippen LogP) is 7.86. The first-order chi connectivity index (χ1) is 21.4. The minimum atomic E-state index is -0.447. The van der Waals surface area contributed by atoms with Crippen LogP contribution in [0, 0.1) is 0 Å². The molecule has 0 spiro atoms. The van der Waals surface area contributed by atoms with Gasteiger partial charge in [0.25, 0.3) is 0 Å². The molecule has 0 aromatic carbocycles. The van der Waals surface area contributed by atoms with Crippen LogP contribution in [0.5, 0.6) is 0 Å². The van der Waals surface area contributed by atoms with Gasteiger partial charge < -0.3 is 29.5 Å². The summed E-state index contributed by atoms with van der Waals surface area (Å²) in [6.45, 7) is 4.09. The van der Waals surface area contributed by atoms with Crippen molar-refractivity contribution in [2.24, 2.45) is 0 Å². The van der Waals surface area contributed by atoms with Gasteiger partial charge in [0.1, 0.15) is 6.10 Å². The van der Waals surface area contributed by atoms with E-state index in [0.717, 1.165) is 95.5 Å². The summed E-state index contributed by atoms with van der Waals surface area (Å²) in [4.78, 5) is 11.6. The molecule has 3 aliphatic heterocycles. The summed E-state index contributed by atoms with van der Waals surface area (Å²) in [5, 5.41) is 31.5. The molecular weight excluding hydrogens is 556 g/mol. The Bertz CT molecular complexity index is 801. The third-order valence-electron chi connectivity index (χ3n) is 10.1. The highest BCUT2D eigenvalue weighted by Gasteiger charge is 2.40. The second-order valence-electron chi connectivity index (χ2n) is 14.0. The van der Waals surface area contributed by atoms with Crippen LogP contribution in [0.3, 0.4) is 0 Å². The Morgan fingerprint density at radius 2 is 1.11 bits per heavy atom. The Balaban J connectivity index is 1.13. The Morgan fingerprint density at radius 1 is 0.659 bits per heavy atom. The molecule has 7 nitrogen and oxygen atoms in total. The van der Waals surface area contributed by atoms with Crippen LogP contribution >= 0.6 is 0 Å². The summed E-state index contributed by atoms with van der Waals surface area (Å²) >= 11 is 0. The van der Waals surface area contributed by atoms with Gasteiger partial charge in [0.05, 0.1) is 42.7 Å². The number of carbonyl (C=O) groups is 1. The average molecular weight is 623 g/mol. The first kappa shape index (κ1) is 37.5. The van der Waals surface area contributed by atoms with Gasteiger partial charge in [-0.3, -0.25) is 0 Å². The summed E-state index contributed by atoms with van der Waals surface area (Å²) in [6.07, 6.45) is 25.8. The number of esters is 1. The number of cyclic esters (lactones) is 1. The maximum atomic E-state index is 11.6. The number of ether oxygens (including phenoxy) is 3. The number of rotatable bonds is 25. The molecule has 3 N–H and O–H groups in total. The van der Waals surface area contributed by atoms with Crippen molar-refractivity contribution in [2.75, 3.05) is 0 Å². The van der Waals surface area contributed by atoms with Crippen molar-refractivity contribution in [1.29, 1.82) is 0 Å². The summed E-state index contributed by atoms with van der Waals surface area (Å²) in [5.41, 5.74) is 0.863. The zero-order chi connectivity index (χ0) is 31.6. The third-order valence-corrected chi connectivity index (χ3v) is 10.1. The lowest BCUT2D eigenvalue weighted by atomic mass is 10.00. The summed E-state index contributed by atoms with van der Waals surface area (Å²) in [7, 11) is 0. The fraction of sp³-hybridized carbons (Fsp3) is 0.919. The van der Waals surface area contributed by atoms with Crippen molar-refractivity contribution in [3.8, 4) is 0 Å². The van der Waals surface area contributed by atoms with Crippen molar-refractivity contribution in [3.05, 3.63) is 11.6 Å². The molecule has 7 heteroatoms. The maximum Gasteiger partial charge on any atom is 0.334 e. The van der Waals surface area contributed by atoms with E-state index < -0.39 is 12.2 Å². The molecule has 2 fully saturated rings. The number of aliphatic hydroxyl groups excluding tert-OH is 3. The van der Waals surface area contributed by atoms with Gasteiger partial charge in [-0.15, -0.1) is 0 Å². The number of unbranched alkanes of at least 4 members (excludes halogenated alkanes) is 12. The second-order valence-corrected chi connectivity index (χ2v) is 14.0. The Kier molecular flexibility index (Phi) is 18.5. The SMILES string of the molecule is CCCCCC(O)CCCCC(O)C1CCC(C2CCC(C(O)CCCCCCCCCCCCC3=CC(C)OC3=O)O2)O1. The van der Waals surface area contributed by atoms with Gasteiger partial charge >= 0.3 is 5.97 Å². The van der Waals surface area contributed by atoms with E-state index in [4.69, 9.17) is 14.2 Å². The number of hydrogen-bond donors (Lipinski definition) is 3. The first-order valence-corrected chi connectivity index (χ1v) is 18.6. The van der Waals surface area contributed by atoms with Crippen molar-refractivity contribution in [1.82, 2.24) is 0 Å². The van der Waals surface area contributed by atoms with Crippen LogP contribution in [0.1, 0.15) is 168 Å². The van der Waals surface area contributed by atoms with Crippen LogP contribution in [0.15, 0.2) is 11.6 Å². The molecule has 0 aromatic rings. The minimum Gasteiger partial charge on any atom is -0.455 e. The molecule has 0 radical (unpaired) electrons. The molecule has 2 saturated heterocycles. The van der Waals surface area contributed by atoms with Crippen molar-refractivity contribution in [2.45, 2.75) is 217 Å². The molecule has 3 aliphatic rings. The zero-order valence-corrected chi connectivity index (χ0v) is 28.1. The summed E-state index contributed by atoms with van der Waals surface area (Å²) in [6, 6.07) is 0. The third kappa shape index (κ3) is 14.2. The highest BCUT2D eigenvalue weighted by atomic mass is 16.6. The van der Waals surface area contributed by atoms with Crippen LogP contribution in [-0.2, 0) is 19.0 Å². The largest absolute Gasteiger partial charge is 0.455 e. The van der Waals surface area contributed by atoms with Crippen LogP contribution in [0.25, 0.3) is 0 Å². The highest BCUT2D eigenvalue weighted by Crippen LogP contribution is 2.34. The second kappa shape index (κ2) is 21.7. The molecule has 3 heterocycles. The smallest absolute Gasteiger partial charge is 0.334 e. The molecule has 8 unspecified atom stereocenters. The number of aliphatic hydroxyl groups is 3. The van der Waals surface area contributed by atoms with Crippen LogP contribution < -0.4 is 0 Å². The topological polar surface area (TPSA) is 105 Å². The molecule has 0 saturated carbocycles. The standard InChI is InChI=1S/C37H66O7/c1-3-4-13-19-30(38)20-16-17-22-32(40)34-24-26-36(44-34)35-25-23-33(43-35)31(39)21-15-12-10-8-6-5-7-9-11-14-18-29-27-28(2)42-37(29)41/h27-28,30-36,38-40H,3-26H2,1-2H3. The van der Waals surface area contributed by atoms with E-state index in [1.165, 1.54) is 64.2 Å². The van der Waals surface area contributed by atoms with E-state index in [-0.39, 0.29) is 42.6 Å². The molecule has 0 aromatic heterocycles. The van der Waals surface area contributed by atoms with Gasteiger partial charge in [-0.1, -0.05) is 96.8 Å². The summed E-state index contributed by atoms with van der Waals surface area (Å²) in [5.74, 6) is -0.123. The Labute approximate surface area is 268 Å². The number of carbonyl (C=O) groups excluding carboxylic acids is 1. The Hall–Kier alpha value is -0.990. The van der Waals surface area contributed by atoms with E-state index in [1.54, 1.807) is 0 Å². The Morgan fingerprint density at radius 3 is 1.61 bits per heavy atom. The van der Waals surface area contributed by atoms with Gasteiger partial charge in [0, 0.05) is 5.57 Å². The van der Waals surface area contributed by atoms with Crippen LogP contribution in [-0.4, -0.2) is 70.1 Å². The fourth-order valence-corrected chi connectivity index (χ4v) is 7.27. The molecular formula is C37H66O7. The van der Waals surface area contributed by atoms with Crippen LogP contribution in [0.4, 0.5) is 0 Å².